The molecule has 3 heteroatoms. The molecule has 0 unspecified atom stereocenters. The molecule has 3 rings (SSSR count). The van der Waals surface area contributed by atoms with Gasteiger partial charge in [0.1, 0.15) is 0 Å². The molecule has 1 aromatic heterocycles. The van der Waals surface area contributed by atoms with Crippen LogP contribution in [0.15, 0.2) is 42.1 Å². The molecule has 3 nitrogen and oxygen atoms in total. The average molecular weight is 267 g/mol. The summed E-state index contributed by atoms with van der Waals surface area (Å²) in [6.07, 6.45) is 10.6. The van der Waals surface area contributed by atoms with Crippen LogP contribution in [0.5, 0.6) is 0 Å². The molecular weight excluding hydrogens is 246 g/mol. The SMILES string of the molecule is Nc1ccc2c(NCCC3=CCCCC3)ccnc2c1. The van der Waals surface area contributed by atoms with E-state index in [4.69, 9.17) is 5.73 Å². The number of hydrogen-bond donors (Lipinski definition) is 2. The number of allylic oxidation sites excluding steroid dienone is 1. The van der Waals surface area contributed by atoms with E-state index in [0.29, 0.717) is 0 Å². The van der Waals surface area contributed by atoms with Crippen LogP contribution < -0.4 is 11.1 Å². The average Bonchev–Trinajstić information content (AvgIpc) is 2.48. The fourth-order valence-corrected chi connectivity index (χ4v) is 2.81. The number of anilines is 2. The molecule has 0 atom stereocenters. The first-order valence-corrected chi connectivity index (χ1v) is 7.39. The molecule has 20 heavy (non-hydrogen) atoms. The van der Waals surface area contributed by atoms with Crippen molar-refractivity contribution in [3.8, 4) is 0 Å². The molecule has 0 saturated carbocycles. The number of benzene rings is 1. The smallest absolute Gasteiger partial charge is 0.0743 e. The molecule has 0 saturated heterocycles. The van der Waals surface area contributed by atoms with E-state index in [9.17, 15) is 0 Å². The zero-order chi connectivity index (χ0) is 13.8. The number of aromatic nitrogens is 1. The number of nitrogens with two attached hydrogens (primary N) is 1. The molecule has 3 N–H and O–H groups in total. The van der Waals surface area contributed by atoms with Gasteiger partial charge in [-0.25, -0.2) is 0 Å². The standard InChI is InChI=1S/C17H21N3/c18-14-6-7-15-16(9-11-20-17(15)12-14)19-10-8-13-4-2-1-3-5-13/h4,6-7,9,11-12H,1-3,5,8,10,18H2,(H,19,20). The summed E-state index contributed by atoms with van der Waals surface area (Å²) in [5.74, 6) is 0. The maximum Gasteiger partial charge on any atom is 0.0743 e. The molecule has 0 amide bonds. The summed E-state index contributed by atoms with van der Waals surface area (Å²) in [6.45, 7) is 0.981. The molecular formula is C17H21N3. The molecule has 0 bridgehead atoms. The Bertz CT molecular complexity index is 631. The third-order valence-corrected chi connectivity index (χ3v) is 3.91. The predicted octanol–water partition coefficient (Wildman–Crippen LogP) is 4.12. The van der Waals surface area contributed by atoms with Crippen LogP contribution in [0.3, 0.4) is 0 Å². The summed E-state index contributed by atoms with van der Waals surface area (Å²) in [5.41, 5.74) is 10.3. The Hall–Kier alpha value is -2.03. The molecule has 2 aromatic rings. The normalized spacial score (nSPS) is 15.1. The van der Waals surface area contributed by atoms with Gasteiger partial charge in [0.15, 0.2) is 0 Å². The predicted molar refractivity (Wildman–Crippen MR) is 85.8 cm³/mol. The van der Waals surface area contributed by atoms with Gasteiger partial charge in [-0.2, -0.15) is 0 Å². The molecule has 0 spiro atoms. The van der Waals surface area contributed by atoms with Crippen LogP contribution in [0, 0.1) is 0 Å². The zero-order valence-electron chi connectivity index (χ0n) is 11.7. The lowest BCUT2D eigenvalue weighted by Crippen LogP contribution is -2.05. The molecule has 0 radical (unpaired) electrons. The lowest BCUT2D eigenvalue weighted by Gasteiger charge is -2.14. The van der Waals surface area contributed by atoms with E-state index in [-0.39, 0.29) is 0 Å². The molecule has 1 aliphatic rings. The highest BCUT2D eigenvalue weighted by Gasteiger charge is 2.05. The summed E-state index contributed by atoms with van der Waals surface area (Å²) in [6, 6.07) is 7.93. The monoisotopic (exact) mass is 267 g/mol. The lowest BCUT2D eigenvalue weighted by atomic mass is 9.97. The lowest BCUT2D eigenvalue weighted by molar-refractivity contribution is 0.679. The minimum absolute atomic E-state index is 0.759. The Balaban J connectivity index is 1.69. The molecule has 1 aromatic carbocycles. The van der Waals surface area contributed by atoms with Gasteiger partial charge in [0.25, 0.3) is 0 Å². The molecule has 0 fully saturated rings. The van der Waals surface area contributed by atoms with E-state index in [1.807, 2.05) is 30.5 Å². The van der Waals surface area contributed by atoms with E-state index in [1.165, 1.54) is 25.7 Å². The van der Waals surface area contributed by atoms with Gasteiger partial charge in [-0.15, -0.1) is 0 Å². The summed E-state index contributed by atoms with van der Waals surface area (Å²) in [5, 5.41) is 4.67. The van der Waals surface area contributed by atoms with Crippen LogP contribution in [0.2, 0.25) is 0 Å². The van der Waals surface area contributed by atoms with Gasteiger partial charge in [-0.1, -0.05) is 11.6 Å². The van der Waals surface area contributed by atoms with Gasteiger partial charge in [0.2, 0.25) is 0 Å². The van der Waals surface area contributed by atoms with E-state index in [1.54, 1.807) is 5.57 Å². The van der Waals surface area contributed by atoms with E-state index in [0.717, 1.165) is 35.2 Å². The Kier molecular flexibility index (Phi) is 3.86. The van der Waals surface area contributed by atoms with Crippen molar-refractivity contribution in [1.29, 1.82) is 0 Å². The molecule has 1 heterocycles. The van der Waals surface area contributed by atoms with Gasteiger partial charge in [-0.05, 0) is 56.4 Å². The fraction of sp³-hybridized carbons (Fsp3) is 0.353. The fourth-order valence-electron chi connectivity index (χ4n) is 2.81. The van der Waals surface area contributed by atoms with Crippen LogP contribution in [0.25, 0.3) is 10.9 Å². The number of pyridine rings is 1. The van der Waals surface area contributed by atoms with Crippen molar-refractivity contribution in [3.05, 3.63) is 42.1 Å². The maximum absolute atomic E-state index is 5.80. The van der Waals surface area contributed by atoms with Crippen molar-refractivity contribution < 1.29 is 0 Å². The topological polar surface area (TPSA) is 50.9 Å². The second kappa shape index (κ2) is 5.95. The van der Waals surface area contributed by atoms with Crippen molar-refractivity contribution in [2.75, 3.05) is 17.6 Å². The maximum atomic E-state index is 5.80. The third kappa shape index (κ3) is 2.93. The Morgan fingerprint density at radius 2 is 2.15 bits per heavy atom. The van der Waals surface area contributed by atoms with Gasteiger partial charge >= 0.3 is 0 Å². The Morgan fingerprint density at radius 3 is 3.00 bits per heavy atom. The van der Waals surface area contributed by atoms with Gasteiger partial charge in [-0.3, -0.25) is 4.98 Å². The van der Waals surface area contributed by atoms with E-state index in [2.05, 4.69) is 16.4 Å². The van der Waals surface area contributed by atoms with Gasteiger partial charge in [0, 0.05) is 29.5 Å². The summed E-state index contributed by atoms with van der Waals surface area (Å²) < 4.78 is 0. The van der Waals surface area contributed by atoms with Crippen molar-refractivity contribution in [3.63, 3.8) is 0 Å². The van der Waals surface area contributed by atoms with Crippen molar-refractivity contribution in [2.45, 2.75) is 32.1 Å². The van der Waals surface area contributed by atoms with Crippen LogP contribution in [0.4, 0.5) is 11.4 Å². The van der Waals surface area contributed by atoms with Crippen LogP contribution in [-0.4, -0.2) is 11.5 Å². The van der Waals surface area contributed by atoms with E-state index < -0.39 is 0 Å². The highest BCUT2D eigenvalue weighted by Crippen LogP contribution is 2.24. The Labute approximate surface area is 119 Å². The summed E-state index contributed by atoms with van der Waals surface area (Å²) in [4.78, 5) is 4.37. The number of nitrogens with one attached hydrogen (secondary N) is 1. The highest BCUT2D eigenvalue weighted by atomic mass is 14.9. The van der Waals surface area contributed by atoms with Crippen molar-refractivity contribution in [1.82, 2.24) is 4.98 Å². The number of nitrogens with zero attached hydrogens (tertiary/aromatic N) is 1. The first kappa shape index (κ1) is 13.0. The number of hydrogen-bond acceptors (Lipinski definition) is 3. The number of fused-ring (bicyclic) bond motifs is 1. The van der Waals surface area contributed by atoms with Crippen LogP contribution in [-0.2, 0) is 0 Å². The number of nitrogen functional groups attached to an aromatic ring is 1. The minimum Gasteiger partial charge on any atom is -0.399 e. The first-order chi connectivity index (χ1) is 9.83. The second-order valence-electron chi connectivity index (χ2n) is 5.42. The Morgan fingerprint density at radius 1 is 1.20 bits per heavy atom. The quantitative estimate of drug-likeness (QED) is 0.647. The number of rotatable bonds is 4. The van der Waals surface area contributed by atoms with Gasteiger partial charge in [0.05, 0.1) is 5.52 Å². The van der Waals surface area contributed by atoms with Gasteiger partial charge < -0.3 is 11.1 Å². The summed E-state index contributed by atoms with van der Waals surface area (Å²) >= 11 is 0. The second-order valence-corrected chi connectivity index (χ2v) is 5.42. The molecule has 1 aliphatic carbocycles. The largest absolute Gasteiger partial charge is 0.399 e. The third-order valence-electron chi connectivity index (χ3n) is 3.91. The molecule has 104 valence electrons. The van der Waals surface area contributed by atoms with Crippen LogP contribution >= 0.6 is 0 Å². The summed E-state index contributed by atoms with van der Waals surface area (Å²) in [7, 11) is 0. The molecule has 0 aliphatic heterocycles. The van der Waals surface area contributed by atoms with Crippen molar-refractivity contribution in [2.24, 2.45) is 0 Å². The highest BCUT2D eigenvalue weighted by molar-refractivity contribution is 5.92. The minimum atomic E-state index is 0.759. The van der Waals surface area contributed by atoms with E-state index >= 15 is 0 Å². The first-order valence-electron chi connectivity index (χ1n) is 7.39. The van der Waals surface area contributed by atoms with Crippen molar-refractivity contribution >= 4 is 22.3 Å². The van der Waals surface area contributed by atoms with Crippen LogP contribution in [0.1, 0.15) is 32.1 Å². The zero-order valence-corrected chi connectivity index (χ0v) is 11.7.